The lowest BCUT2D eigenvalue weighted by Crippen LogP contribution is -2.28. The summed E-state index contributed by atoms with van der Waals surface area (Å²) >= 11 is 0. The summed E-state index contributed by atoms with van der Waals surface area (Å²) < 4.78 is 18.5. The number of amides is 1. The van der Waals surface area contributed by atoms with Crippen molar-refractivity contribution in [3.8, 4) is 11.8 Å². The number of benzene rings is 2. The normalized spacial score (nSPS) is 9.71. The molecule has 0 spiro atoms. The lowest BCUT2D eigenvalue weighted by atomic mass is 10.2. The van der Waals surface area contributed by atoms with Crippen molar-refractivity contribution >= 4 is 5.91 Å². The van der Waals surface area contributed by atoms with Crippen molar-refractivity contribution in [1.82, 2.24) is 5.32 Å². The van der Waals surface area contributed by atoms with Gasteiger partial charge < -0.3 is 10.1 Å². The first-order valence-corrected chi connectivity index (χ1v) is 6.32. The molecule has 5 heteroatoms. The van der Waals surface area contributed by atoms with E-state index in [2.05, 4.69) is 5.32 Å². The van der Waals surface area contributed by atoms with E-state index in [0.717, 1.165) is 5.56 Å². The van der Waals surface area contributed by atoms with E-state index in [-0.39, 0.29) is 23.8 Å². The Hall–Kier alpha value is -2.87. The molecular weight excluding hydrogens is 271 g/mol. The van der Waals surface area contributed by atoms with Crippen molar-refractivity contribution in [3.63, 3.8) is 0 Å². The molecule has 2 aromatic rings. The zero-order chi connectivity index (χ0) is 15.1. The predicted molar refractivity (Wildman–Crippen MR) is 74.9 cm³/mol. The number of carbonyl (C=O) groups is 1. The maximum Gasteiger partial charge on any atom is 0.258 e. The van der Waals surface area contributed by atoms with Crippen molar-refractivity contribution in [2.45, 2.75) is 6.54 Å². The second kappa shape index (κ2) is 7.06. The van der Waals surface area contributed by atoms with Crippen LogP contribution >= 0.6 is 0 Å². The monoisotopic (exact) mass is 284 g/mol. The van der Waals surface area contributed by atoms with Gasteiger partial charge in [-0.1, -0.05) is 36.4 Å². The number of halogens is 1. The molecular formula is C16H13FN2O2. The second-order valence-corrected chi connectivity index (χ2v) is 4.28. The van der Waals surface area contributed by atoms with Crippen LogP contribution in [0.4, 0.5) is 4.39 Å². The Balaban J connectivity index is 1.87. The van der Waals surface area contributed by atoms with Gasteiger partial charge in [0.1, 0.15) is 23.2 Å². The molecule has 0 heterocycles. The number of hydrogen-bond acceptors (Lipinski definition) is 3. The first kappa shape index (κ1) is 14.5. The number of nitriles is 1. The van der Waals surface area contributed by atoms with Gasteiger partial charge in [0, 0.05) is 6.54 Å². The Morgan fingerprint density at radius 2 is 1.95 bits per heavy atom. The number of carbonyl (C=O) groups excluding carboxylic acids is 1. The van der Waals surface area contributed by atoms with E-state index in [1.807, 2.05) is 30.3 Å². The molecule has 21 heavy (non-hydrogen) atoms. The molecule has 0 aliphatic rings. The Bertz CT molecular complexity index is 666. The SMILES string of the molecule is N#Cc1c(F)cccc1OCC(=O)NCc1ccccc1. The van der Waals surface area contributed by atoms with Gasteiger partial charge in [-0.3, -0.25) is 4.79 Å². The highest BCUT2D eigenvalue weighted by atomic mass is 19.1. The van der Waals surface area contributed by atoms with Crippen molar-refractivity contribution in [3.05, 3.63) is 65.5 Å². The fraction of sp³-hybridized carbons (Fsp3) is 0.125. The number of nitrogens with one attached hydrogen (secondary N) is 1. The van der Waals surface area contributed by atoms with Crippen LogP contribution in [0.5, 0.6) is 5.75 Å². The number of ether oxygens (including phenoxy) is 1. The quantitative estimate of drug-likeness (QED) is 0.917. The van der Waals surface area contributed by atoms with Crippen LogP contribution in [-0.4, -0.2) is 12.5 Å². The molecule has 0 radical (unpaired) electrons. The Morgan fingerprint density at radius 1 is 1.19 bits per heavy atom. The van der Waals surface area contributed by atoms with Gasteiger partial charge in [-0.2, -0.15) is 5.26 Å². The van der Waals surface area contributed by atoms with Crippen molar-refractivity contribution < 1.29 is 13.9 Å². The summed E-state index contributed by atoms with van der Waals surface area (Å²) in [5.74, 6) is -0.945. The van der Waals surface area contributed by atoms with E-state index in [9.17, 15) is 9.18 Å². The first-order valence-electron chi connectivity index (χ1n) is 6.32. The fourth-order valence-corrected chi connectivity index (χ4v) is 1.72. The molecule has 2 aromatic carbocycles. The van der Waals surface area contributed by atoms with Gasteiger partial charge in [0.15, 0.2) is 6.61 Å². The van der Waals surface area contributed by atoms with Crippen LogP contribution in [0.15, 0.2) is 48.5 Å². The van der Waals surface area contributed by atoms with Crippen molar-refractivity contribution in [2.75, 3.05) is 6.61 Å². The molecule has 0 unspecified atom stereocenters. The summed E-state index contributed by atoms with van der Waals surface area (Å²) in [5.41, 5.74) is 0.766. The fourth-order valence-electron chi connectivity index (χ4n) is 1.72. The molecule has 0 saturated heterocycles. The lowest BCUT2D eigenvalue weighted by molar-refractivity contribution is -0.123. The second-order valence-electron chi connectivity index (χ2n) is 4.28. The van der Waals surface area contributed by atoms with E-state index < -0.39 is 5.82 Å². The molecule has 0 bridgehead atoms. The van der Waals surface area contributed by atoms with E-state index >= 15 is 0 Å². The molecule has 0 saturated carbocycles. The maximum atomic E-state index is 13.3. The van der Waals surface area contributed by atoms with E-state index in [1.54, 1.807) is 6.07 Å². The highest BCUT2D eigenvalue weighted by Gasteiger charge is 2.10. The Labute approximate surface area is 121 Å². The summed E-state index contributed by atoms with van der Waals surface area (Å²) in [6.07, 6.45) is 0. The topological polar surface area (TPSA) is 62.1 Å². The molecule has 0 aliphatic carbocycles. The van der Waals surface area contributed by atoms with Crippen LogP contribution < -0.4 is 10.1 Å². The Kier molecular flexibility index (Phi) is 4.89. The van der Waals surface area contributed by atoms with Gasteiger partial charge in [-0.05, 0) is 17.7 Å². The summed E-state index contributed by atoms with van der Waals surface area (Å²) in [7, 11) is 0. The van der Waals surface area contributed by atoms with Crippen LogP contribution in [-0.2, 0) is 11.3 Å². The summed E-state index contributed by atoms with van der Waals surface area (Å²) in [4.78, 5) is 11.7. The largest absolute Gasteiger partial charge is 0.482 e. The number of nitrogens with zero attached hydrogens (tertiary/aromatic N) is 1. The molecule has 1 amide bonds. The van der Waals surface area contributed by atoms with Gasteiger partial charge in [-0.15, -0.1) is 0 Å². The Morgan fingerprint density at radius 3 is 2.67 bits per heavy atom. The van der Waals surface area contributed by atoms with Crippen molar-refractivity contribution in [1.29, 1.82) is 5.26 Å². The molecule has 4 nitrogen and oxygen atoms in total. The molecule has 0 atom stereocenters. The van der Waals surface area contributed by atoms with E-state index in [1.165, 1.54) is 18.2 Å². The van der Waals surface area contributed by atoms with Crippen LogP contribution in [0.2, 0.25) is 0 Å². The molecule has 2 rings (SSSR count). The molecule has 0 fully saturated rings. The minimum atomic E-state index is -0.667. The third kappa shape index (κ3) is 4.05. The number of hydrogen-bond donors (Lipinski definition) is 1. The van der Waals surface area contributed by atoms with Gasteiger partial charge in [-0.25, -0.2) is 4.39 Å². The van der Waals surface area contributed by atoms with Gasteiger partial charge >= 0.3 is 0 Å². The molecule has 106 valence electrons. The minimum absolute atomic E-state index is 0.0624. The third-order valence-corrected chi connectivity index (χ3v) is 2.78. The van der Waals surface area contributed by atoms with Gasteiger partial charge in [0.05, 0.1) is 0 Å². The van der Waals surface area contributed by atoms with Crippen LogP contribution in [0.3, 0.4) is 0 Å². The summed E-state index contributed by atoms with van der Waals surface area (Å²) in [6.45, 7) is 0.113. The average molecular weight is 284 g/mol. The zero-order valence-electron chi connectivity index (χ0n) is 11.2. The summed E-state index contributed by atoms with van der Waals surface area (Å²) in [5, 5.41) is 11.5. The van der Waals surface area contributed by atoms with E-state index in [4.69, 9.17) is 10.00 Å². The van der Waals surface area contributed by atoms with Crippen LogP contribution in [0.25, 0.3) is 0 Å². The van der Waals surface area contributed by atoms with Crippen LogP contribution in [0, 0.1) is 17.1 Å². The smallest absolute Gasteiger partial charge is 0.258 e. The van der Waals surface area contributed by atoms with Gasteiger partial charge in [0.25, 0.3) is 5.91 Å². The maximum absolute atomic E-state index is 13.3. The van der Waals surface area contributed by atoms with Gasteiger partial charge in [0.2, 0.25) is 0 Å². The predicted octanol–water partition coefficient (Wildman–Crippen LogP) is 2.39. The highest BCUT2D eigenvalue weighted by molar-refractivity contribution is 5.77. The summed E-state index contributed by atoms with van der Waals surface area (Å²) in [6, 6.07) is 15.2. The molecule has 0 aromatic heterocycles. The van der Waals surface area contributed by atoms with E-state index in [0.29, 0.717) is 6.54 Å². The first-order chi connectivity index (χ1) is 10.2. The lowest BCUT2D eigenvalue weighted by Gasteiger charge is -2.09. The van der Waals surface area contributed by atoms with Crippen molar-refractivity contribution in [2.24, 2.45) is 0 Å². The number of rotatable bonds is 5. The third-order valence-electron chi connectivity index (χ3n) is 2.78. The standard InChI is InChI=1S/C16H13FN2O2/c17-14-7-4-8-15(13(14)9-18)21-11-16(20)19-10-12-5-2-1-3-6-12/h1-8H,10-11H2,(H,19,20). The zero-order valence-corrected chi connectivity index (χ0v) is 11.2. The minimum Gasteiger partial charge on any atom is -0.482 e. The average Bonchev–Trinajstić information content (AvgIpc) is 2.52. The highest BCUT2D eigenvalue weighted by Crippen LogP contribution is 2.20. The molecule has 1 N–H and O–H groups in total. The molecule has 0 aliphatic heterocycles. The van der Waals surface area contributed by atoms with Crippen LogP contribution in [0.1, 0.15) is 11.1 Å².